The van der Waals surface area contributed by atoms with Crippen molar-refractivity contribution in [3.8, 4) is 0 Å². The summed E-state index contributed by atoms with van der Waals surface area (Å²) in [6.45, 7) is 0.573. The third-order valence-corrected chi connectivity index (χ3v) is 4.24. The van der Waals surface area contributed by atoms with Gasteiger partial charge in [-0.1, -0.05) is 23.7 Å². The molecule has 0 saturated heterocycles. The second-order valence-electron chi connectivity index (χ2n) is 4.28. The monoisotopic (exact) mass is 305 g/mol. The van der Waals surface area contributed by atoms with Crippen LogP contribution in [0.4, 0.5) is 0 Å². The third-order valence-electron chi connectivity index (χ3n) is 2.93. The van der Waals surface area contributed by atoms with Crippen molar-refractivity contribution < 1.29 is 4.79 Å². The predicted molar refractivity (Wildman–Crippen MR) is 80.6 cm³/mol. The molecule has 0 saturated carbocycles. The van der Waals surface area contributed by atoms with Gasteiger partial charge in [0.25, 0.3) is 5.91 Å². The molecule has 3 aromatic heterocycles. The number of pyridine rings is 1. The first kappa shape index (κ1) is 13.1. The highest BCUT2D eigenvalue weighted by Gasteiger charge is 2.17. The molecule has 0 aliphatic heterocycles. The number of halogens is 1. The lowest BCUT2D eigenvalue weighted by molar-refractivity contribution is 0.0949. The van der Waals surface area contributed by atoms with Gasteiger partial charge < -0.3 is 5.32 Å². The fraction of sp³-hybridized carbons (Fsp3) is 0.143. The van der Waals surface area contributed by atoms with Gasteiger partial charge in [-0.2, -0.15) is 5.10 Å². The van der Waals surface area contributed by atoms with Crippen LogP contribution < -0.4 is 5.32 Å². The minimum atomic E-state index is -0.241. The molecule has 3 aromatic rings. The Bertz CT molecular complexity index is 736. The number of hydrogen-bond acceptors (Lipinski definition) is 3. The number of nitrogens with one attached hydrogen (secondary N) is 1. The van der Waals surface area contributed by atoms with Crippen LogP contribution in [0.1, 0.15) is 15.4 Å². The van der Waals surface area contributed by atoms with Gasteiger partial charge in [0.15, 0.2) is 5.69 Å². The summed E-state index contributed by atoms with van der Waals surface area (Å²) >= 11 is 7.87. The summed E-state index contributed by atoms with van der Waals surface area (Å²) in [5, 5.41) is 9.46. The number of rotatable bonds is 4. The first-order valence-electron chi connectivity index (χ1n) is 6.19. The highest BCUT2D eigenvalue weighted by molar-refractivity contribution is 7.09. The highest BCUT2D eigenvalue weighted by atomic mass is 35.5. The number of amides is 1. The van der Waals surface area contributed by atoms with Crippen molar-refractivity contribution in [2.75, 3.05) is 6.54 Å². The molecule has 0 aliphatic carbocycles. The number of carbonyl (C=O) groups is 1. The Hall–Kier alpha value is -1.85. The topological polar surface area (TPSA) is 46.4 Å². The summed E-state index contributed by atoms with van der Waals surface area (Å²) in [5.74, 6) is -0.241. The van der Waals surface area contributed by atoms with E-state index in [9.17, 15) is 4.79 Å². The van der Waals surface area contributed by atoms with Gasteiger partial charge in [0.2, 0.25) is 0 Å². The van der Waals surface area contributed by atoms with Crippen LogP contribution in [0.15, 0.2) is 41.9 Å². The van der Waals surface area contributed by atoms with E-state index in [0.717, 1.165) is 11.9 Å². The molecule has 0 radical (unpaired) electrons. The van der Waals surface area contributed by atoms with E-state index >= 15 is 0 Å². The maximum absolute atomic E-state index is 12.1. The lowest BCUT2D eigenvalue weighted by atomic mass is 10.3. The number of thiophene rings is 1. The van der Waals surface area contributed by atoms with Crippen molar-refractivity contribution >= 4 is 34.4 Å². The lowest BCUT2D eigenvalue weighted by Gasteiger charge is -2.01. The van der Waals surface area contributed by atoms with Crippen molar-refractivity contribution in [2.45, 2.75) is 6.42 Å². The molecule has 0 aliphatic rings. The van der Waals surface area contributed by atoms with E-state index in [1.165, 1.54) is 4.88 Å². The molecule has 3 rings (SSSR count). The molecule has 1 amide bonds. The second-order valence-corrected chi connectivity index (χ2v) is 5.69. The van der Waals surface area contributed by atoms with E-state index in [1.807, 2.05) is 29.6 Å². The molecular weight excluding hydrogens is 294 g/mol. The van der Waals surface area contributed by atoms with Gasteiger partial charge in [-0.3, -0.25) is 4.79 Å². The maximum Gasteiger partial charge on any atom is 0.273 e. The molecule has 0 atom stereocenters. The largest absolute Gasteiger partial charge is 0.350 e. The fourth-order valence-corrected chi connectivity index (χ4v) is 2.93. The third kappa shape index (κ3) is 2.55. The molecule has 0 fully saturated rings. The first-order chi connectivity index (χ1) is 9.75. The number of hydrogen-bond donors (Lipinski definition) is 1. The zero-order valence-electron chi connectivity index (χ0n) is 10.5. The summed E-state index contributed by atoms with van der Waals surface area (Å²) in [6, 6.07) is 9.59. The number of fused-ring (bicyclic) bond motifs is 1. The lowest BCUT2D eigenvalue weighted by Crippen LogP contribution is -2.26. The number of carbonyl (C=O) groups excluding carboxylic acids is 1. The van der Waals surface area contributed by atoms with Crippen molar-refractivity contribution in [1.29, 1.82) is 0 Å². The van der Waals surface area contributed by atoms with Crippen molar-refractivity contribution in [3.05, 3.63) is 57.5 Å². The molecule has 20 heavy (non-hydrogen) atoms. The molecule has 0 aromatic carbocycles. The van der Waals surface area contributed by atoms with Crippen LogP contribution in [-0.4, -0.2) is 22.1 Å². The molecule has 0 unspecified atom stereocenters. The second kappa shape index (κ2) is 5.64. The zero-order valence-corrected chi connectivity index (χ0v) is 12.1. The predicted octanol–water partition coefficient (Wildman–Crippen LogP) is 3.02. The maximum atomic E-state index is 12.1. The van der Waals surface area contributed by atoms with Crippen LogP contribution in [0.25, 0.3) is 5.52 Å². The Kier molecular flexibility index (Phi) is 3.71. The molecule has 6 heteroatoms. The van der Waals surface area contributed by atoms with E-state index in [0.29, 0.717) is 11.6 Å². The Morgan fingerprint density at radius 1 is 1.35 bits per heavy atom. The summed E-state index contributed by atoms with van der Waals surface area (Å²) in [6.07, 6.45) is 2.58. The smallest absolute Gasteiger partial charge is 0.273 e. The van der Waals surface area contributed by atoms with Crippen LogP contribution in [0.3, 0.4) is 0 Å². The molecule has 3 heterocycles. The summed E-state index contributed by atoms with van der Waals surface area (Å²) in [7, 11) is 0. The Balaban J connectivity index is 1.71. The van der Waals surface area contributed by atoms with Crippen LogP contribution in [0, 0.1) is 0 Å². The standard InChI is InChI=1S/C14H12ClN3OS/c15-12-11-5-1-2-8-18(11)17-13(12)14(19)16-7-6-10-4-3-9-20-10/h1-5,8-9H,6-7H2,(H,16,19). The Morgan fingerprint density at radius 2 is 2.25 bits per heavy atom. The minimum Gasteiger partial charge on any atom is -0.350 e. The molecular formula is C14H12ClN3OS. The fourth-order valence-electron chi connectivity index (χ4n) is 1.95. The van der Waals surface area contributed by atoms with Gasteiger partial charge in [-0.25, -0.2) is 4.52 Å². The average molecular weight is 306 g/mol. The Morgan fingerprint density at radius 3 is 3.00 bits per heavy atom. The summed E-state index contributed by atoms with van der Waals surface area (Å²) in [4.78, 5) is 13.3. The van der Waals surface area contributed by atoms with Crippen LogP contribution in [0.2, 0.25) is 5.02 Å². The number of nitrogens with zero attached hydrogens (tertiary/aromatic N) is 2. The number of aromatic nitrogens is 2. The van der Waals surface area contributed by atoms with Crippen molar-refractivity contribution in [3.63, 3.8) is 0 Å². The minimum absolute atomic E-state index is 0.241. The quantitative estimate of drug-likeness (QED) is 0.805. The molecule has 1 N–H and O–H groups in total. The normalized spacial score (nSPS) is 10.8. The van der Waals surface area contributed by atoms with E-state index in [-0.39, 0.29) is 11.6 Å². The molecule has 102 valence electrons. The summed E-state index contributed by atoms with van der Waals surface area (Å²) in [5.41, 5.74) is 1.00. The zero-order chi connectivity index (χ0) is 13.9. The van der Waals surface area contributed by atoms with Gasteiger partial charge in [-0.15, -0.1) is 11.3 Å². The molecule has 4 nitrogen and oxygen atoms in total. The van der Waals surface area contributed by atoms with Gasteiger partial charge in [0.1, 0.15) is 0 Å². The van der Waals surface area contributed by atoms with Crippen LogP contribution in [-0.2, 0) is 6.42 Å². The summed E-state index contributed by atoms with van der Waals surface area (Å²) < 4.78 is 1.61. The van der Waals surface area contributed by atoms with Crippen LogP contribution >= 0.6 is 22.9 Å². The SMILES string of the molecule is O=C(NCCc1cccs1)c1nn2ccccc2c1Cl. The van der Waals surface area contributed by atoms with Crippen molar-refractivity contribution in [2.24, 2.45) is 0 Å². The first-order valence-corrected chi connectivity index (χ1v) is 7.45. The molecule has 0 bridgehead atoms. The van der Waals surface area contributed by atoms with E-state index in [2.05, 4.69) is 16.5 Å². The van der Waals surface area contributed by atoms with Gasteiger partial charge in [0.05, 0.1) is 10.5 Å². The van der Waals surface area contributed by atoms with E-state index in [1.54, 1.807) is 22.0 Å². The van der Waals surface area contributed by atoms with Crippen molar-refractivity contribution in [1.82, 2.24) is 14.9 Å². The van der Waals surface area contributed by atoms with E-state index < -0.39 is 0 Å². The Labute approximate surface area is 125 Å². The van der Waals surface area contributed by atoms with E-state index in [4.69, 9.17) is 11.6 Å². The van der Waals surface area contributed by atoms with Gasteiger partial charge in [0, 0.05) is 17.6 Å². The van der Waals surface area contributed by atoms with Gasteiger partial charge >= 0.3 is 0 Å². The highest BCUT2D eigenvalue weighted by Crippen LogP contribution is 2.21. The molecule has 0 spiro atoms. The van der Waals surface area contributed by atoms with Crippen LogP contribution in [0.5, 0.6) is 0 Å². The van der Waals surface area contributed by atoms with Gasteiger partial charge in [-0.05, 0) is 30.0 Å². The average Bonchev–Trinajstić information content (AvgIpc) is 3.08.